The van der Waals surface area contributed by atoms with Crippen LogP contribution in [0.25, 0.3) is 0 Å². The van der Waals surface area contributed by atoms with Gasteiger partial charge in [-0.3, -0.25) is 4.79 Å². The van der Waals surface area contributed by atoms with Gasteiger partial charge in [-0.2, -0.15) is 0 Å². The fraction of sp³-hybridized carbons (Fsp3) is 0.600. The normalized spacial score (nSPS) is 17.2. The van der Waals surface area contributed by atoms with Crippen LogP contribution in [0.5, 0.6) is 0 Å². The molecule has 1 heterocycles. The molecule has 1 aliphatic carbocycles. The maximum atomic E-state index is 11.8. The molecule has 1 fully saturated rings. The quantitative estimate of drug-likeness (QED) is 0.906. The number of nitrogens with one attached hydrogen (secondary N) is 1. The molecule has 1 aromatic heterocycles. The molecular formula is C15H23N3O. The first-order valence-corrected chi connectivity index (χ1v) is 7.02. The van der Waals surface area contributed by atoms with Crippen molar-refractivity contribution in [3.8, 4) is 0 Å². The number of pyridine rings is 1. The average molecular weight is 261 g/mol. The lowest BCUT2D eigenvalue weighted by atomic mass is 10.00. The average Bonchev–Trinajstić information content (AvgIpc) is 2.92. The first-order valence-electron chi connectivity index (χ1n) is 7.02. The minimum atomic E-state index is -0.0112. The van der Waals surface area contributed by atoms with Crippen LogP contribution in [0.4, 0.5) is 5.82 Å². The molecule has 0 spiro atoms. The molecular weight excluding hydrogens is 238 g/mol. The summed E-state index contributed by atoms with van der Waals surface area (Å²) in [5, 5.41) is 3.44. The molecule has 1 aromatic rings. The van der Waals surface area contributed by atoms with Crippen LogP contribution < -0.4 is 5.32 Å². The Hall–Kier alpha value is -1.58. The topological polar surface area (TPSA) is 45.2 Å². The Morgan fingerprint density at radius 2 is 2.05 bits per heavy atom. The molecule has 0 radical (unpaired) electrons. The number of carbonyl (C=O) groups is 1. The van der Waals surface area contributed by atoms with Crippen LogP contribution in [-0.2, 0) is 0 Å². The van der Waals surface area contributed by atoms with Gasteiger partial charge in [0, 0.05) is 26.3 Å². The fourth-order valence-corrected chi connectivity index (χ4v) is 2.67. The number of nitrogens with zero attached hydrogens (tertiary/aromatic N) is 2. The molecule has 4 heteroatoms. The zero-order valence-electron chi connectivity index (χ0n) is 12.0. The summed E-state index contributed by atoms with van der Waals surface area (Å²) in [6, 6.07) is 4.17. The number of anilines is 1. The molecule has 1 unspecified atom stereocenters. The number of carbonyl (C=O) groups excluding carboxylic acids is 1. The van der Waals surface area contributed by atoms with Crippen molar-refractivity contribution in [2.45, 2.75) is 38.6 Å². The van der Waals surface area contributed by atoms with E-state index in [2.05, 4.69) is 17.2 Å². The van der Waals surface area contributed by atoms with E-state index >= 15 is 0 Å². The summed E-state index contributed by atoms with van der Waals surface area (Å²) >= 11 is 0. The SMILES string of the molecule is CC(Nc1ccc(C(=O)N(C)C)cn1)C1CCCC1. The van der Waals surface area contributed by atoms with Crippen molar-refractivity contribution in [2.75, 3.05) is 19.4 Å². The highest BCUT2D eigenvalue weighted by Gasteiger charge is 2.21. The zero-order chi connectivity index (χ0) is 13.8. The summed E-state index contributed by atoms with van der Waals surface area (Å²) in [6.45, 7) is 2.22. The molecule has 1 amide bonds. The summed E-state index contributed by atoms with van der Waals surface area (Å²) in [4.78, 5) is 17.6. The largest absolute Gasteiger partial charge is 0.367 e. The summed E-state index contributed by atoms with van der Waals surface area (Å²) in [5.74, 6) is 1.60. The van der Waals surface area contributed by atoms with Gasteiger partial charge in [0.2, 0.25) is 0 Å². The highest BCUT2D eigenvalue weighted by Crippen LogP contribution is 2.28. The highest BCUT2D eigenvalue weighted by atomic mass is 16.2. The van der Waals surface area contributed by atoms with E-state index in [-0.39, 0.29) is 5.91 Å². The number of amides is 1. The van der Waals surface area contributed by atoms with Gasteiger partial charge in [-0.25, -0.2) is 4.98 Å². The van der Waals surface area contributed by atoms with Gasteiger partial charge in [-0.15, -0.1) is 0 Å². The Balaban J connectivity index is 1.96. The molecule has 2 rings (SSSR count). The van der Waals surface area contributed by atoms with Crippen molar-refractivity contribution in [2.24, 2.45) is 5.92 Å². The van der Waals surface area contributed by atoms with Crippen LogP contribution in [-0.4, -0.2) is 35.9 Å². The number of aromatic nitrogens is 1. The zero-order valence-corrected chi connectivity index (χ0v) is 12.0. The van der Waals surface area contributed by atoms with E-state index in [4.69, 9.17) is 0 Å². The Labute approximate surface area is 115 Å². The van der Waals surface area contributed by atoms with Crippen LogP contribution >= 0.6 is 0 Å². The Bertz CT molecular complexity index is 422. The first-order chi connectivity index (χ1) is 9.08. The van der Waals surface area contributed by atoms with E-state index in [1.165, 1.54) is 25.7 Å². The summed E-state index contributed by atoms with van der Waals surface area (Å²) < 4.78 is 0. The Morgan fingerprint density at radius 1 is 1.37 bits per heavy atom. The molecule has 19 heavy (non-hydrogen) atoms. The van der Waals surface area contributed by atoms with E-state index in [0.29, 0.717) is 11.6 Å². The molecule has 104 valence electrons. The summed E-state index contributed by atoms with van der Waals surface area (Å²) in [5.41, 5.74) is 0.629. The van der Waals surface area contributed by atoms with Crippen LogP contribution in [0.15, 0.2) is 18.3 Å². The highest BCUT2D eigenvalue weighted by molar-refractivity contribution is 5.93. The predicted molar refractivity (Wildman–Crippen MR) is 77.3 cm³/mol. The van der Waals surface area contributed by atoms with Gasteiger partial charge in [0.05, 0.1) is 5.56 Å². The minimum absolute atomic E-state index is 0.0112. The number of rotatable bonds is 4. The maximum absolute atomic E-state index is 11.8. The third kappa shape index (κ3) is 3.46. The summed E-state index contributed by atoms with van der Waals surface area (Å²) in [6.07, 6.45) is 6.96. The molecule has 0 bridgehead atoms. The Morgan fingerprint density at radius 3 is 2.58 bits per heavy atom. The van der Waals surface area contributed by atoms with Crippen LogP contribution in [0.2, 0.25) is 0 Å². The van der Waals surface area contributed by atoms with E-state index in [0.717, 1.165) is 11.7 Å². The lowest BCUT2D eigenvalue weighted by Crippen LogP contribution is -2.25. The van der Waals surface area contributed by atoms with Crippen LogP contribution in [0.3, 0.4) is 0 Å². The van der Waals surface area contributed by atoms with E-state index in [1.54, 1.807) is 25.2 Å². The van der Waals surface area contributed by atoms with Gasteiger partial charge in [0.15, 0.2) is 0 Å². The van der Waals surface area contributed by atoms with Gasteiger partial charge in [0.25, 0.3) is 5.91 Å². The second kappa shape index (κ2) is 6.04. The van der Waals surface area contributed by atoms with Crippen molar-refractivity contribution >= 4 is 11.7 Å². The molecule has 0 saturated heterocycles. The monoisotopic (exact) mass is 261 g/mol. The lowest BCUT2D eigenvalue weighted by molar-refractivity contribution is 0.0827. The van der Waals surface area contributed by atoms with Crippen molar-refractivity contribution in [3.63, 3.8) is 0 Å². The first kappa shape index (κ1) is 13.8. The third-order valence-corrected chi connectivity index (χ3v) is 3.90. The molecule has 0 aliphatic heterocycles. The standard InChI is InChI=1S/C15H23N3O/c1-11(12-6-4-5-7-12)17-14-9-8-13(10-16-14)15(19)18(2)3/h8-12H,4-7H2,1-3H3,(H,16,17). The fourth-order valence-electron chi connectivity index (χ4n) is 2.67. The molecule has 4 nitrogen and oxygen atoms in total. The van der Waals surface area contributed by atoms with Gasteiger partial charge in [-0.05, 0) is 37.8 Å². The van der Waals surface area contributed by atoms with Crippen molar-refractivity contribution in [3.05, 3.63) is 23.9 Å². The molecule has 1 saturated carbocycles. The Kier molecular flexibility index (Phi) is 4.40. The van der Waals surface area contributed by atoms with Crippen LogP contribution in [0.1, 0.15) is 43.0 Å². The van der Waals surface area contributed by atoms with E-state index in [9.17, 15) is 4.79 Å². The smallest absolute Gasteiger partial charge is 0.254 e. The van der Waals surface area contributed by atoms with Crippen molar-refractivity contribution < 1.29 is 4.79 Å². The molecule has 1 aliphatic rings. The predicted octanol–water partition coefficient (Wildman–Crippen LogP) is 2.77. The second-order valence-electron chi connectivity index (χ2n) is 5.61. The van der Waals surface area contributed by atoms with Gasteiger partial charge in [-0.1, -0.05) is 12.8 Å². The third-order valence-electron chi connectivity index (χ3n) is 3.90. The van der Waals surface area contributed by atoms with Gasteiger partial charge < -0.3 is 10.2 Å². The van der Waals surface area contributed by atoms with Crippen molar-refractivity contribution in [1.82, 2.24) is 9.88 Å². The number of hydrogen-bond donors (Lipinski definition) is 1. The maximum Gasteiger partial charge on any atom is 0.254 e. The summed E-state index contributed by atoms with van der Waals surface area (Å²) in [7, 11) is 3.49. The second-order valence-corrected chi connectivity index (χ2v) is 5.61. The molecule has 1 N–H and O–H groups in total. The van der Waals surface area contributed by atoms with E-state index < -0.39 is 0 Å². The lowest BCUT2D eigenvalue weighted by Gasteiger charge is -2.21. The van der Waals surface area contributed by atoms with Gasteiger partial charge >= 0.3 is 0 Å². The van der Waals surface area contributed by atoms with Gasteiger partial charge in [0.1, 0.15) is 5.82 Å². The molecule has 0 aromatic carbocycles. The van der Waals surface area contributed by atoms with E-state index in [1.807, 2.05) is 12.1 Å². The van der Waals surface area contributed by atoms with Crippen molar-refractivity contribution in [1.29, 1.82) is 0 Å². The number of hydrogen-bond acceptors (Lipinski definition) is 3. The van der Waals surface area contributed by atoms with Crippen LogP contribution in [0, 0.1) is 5.92 Å². The molecule has 1 atom stereocenters. The minimum Gasteiger partial charge on any atom is -0.367 e.